The first-order valence-corrected chi connectivity index (χ1v) is 7.30. The first-order valence-electron chi connectivity index (χ1n) is 6.92. The fraction of sp³-hybridized carbons (Fsp3) is 0. The molecule has 4 rings (SSSR count). The second kappa shape index (κ2) is 5.24. The lowest BCUT2D eigenvalue weighted by molar-refractivity contribution is 0.108. The fourth-order valence-corrected chi connectivity index (χ4v) is 2.68. The summed E-state index contributed by atoms with van der Waals surface area (Å²) in [5.74, 6) is -0.513. The predicted molar refractivity (Wildman–Crippen MR) is 87.1 cm³/mol. The normalized spacial score (nSPS) is 11.2. The van der Waals surface area contributed by atoms with E-state index in [1.54, 1.807) is 18.2 Å². The van der Waals surface area contributed by atoms with Crippen LogP contribution in [0, 0.1) is 5.82 Å². The molecule has 0 aliphatic rings. The summed E-state index contributed by atoms with van der Waals surface area (Å²) < 4.78 is 15.1. The van der Waals surface area contributed by atoms with Crippen molar-refractivity contribution in [2.24, 2.45) is 0 Å². The molecule has 1 N–H and O–H groups in total. The second-order valence-electron chi connectivity index (χ2n) is 5.13. The molecule has 0 aliphatic heterocycles. The quantitative estimate of drug-likeness (QED) is 0.568. The largest absolute Gasteiger partial charge is 0.299 e. The molecule has 2 heterocycles. The number of carbonyl (C=O) groups is 1. The van der Waals surface area contributed by atoms with Crippen LogP contribution < -0.4 is 5.56 Å². The third-order valence-corrected chi connectivity index (χ3v) is 3.94. The van der Waals surface area contributed by atoms with E-state index in [-0.39, 0.29) is 11.0 Å². The van der Waals surface area contributed by atoms with Gasteiger partial charge in [-0.25, -0.2) is 9.07 Å². The summed E-state index contributed by atoms with van der Waals surface area (Å²) >= 11 is 5.41. The standard InChI is InChI=1S/C16H8ClFN4O2/c17-15(23)8-4-6-9(7-5-8)22-16(24)14-13(21-22)10-2-1-3-11(18)12(10)19-20-14/h1-7,21H. The van der Waals surface area contributed by atoms with E-state index < -0.39 is 16.6 Å². The predicted octanol–water partition coefficient (Wildman–Crippen LogP) is 2.78. The lowest BCUT2D eigenvalue weighted by atomic mass is 10.2. The molecule has 0 radical (unpaired) electrons. The molecule has 0 spiro atoms. The number of halogens is 2. The number of aromatic nitrogens is 4. The van der Waals surface area contributed by atoms with Crippen molar-refractivity contribution in [2.75, 3.05) is 0 Å². The monoisotopic (exact) mass is 342 g/mol. The number of H-pyrrole nitrogens is 1. The van der Waals surface area contributed by atoms with Crippen LogP contribution in [0.2, 0.25) is 0 Å². The Hall–Kier alpha value is -3.06. The smallest absolute Gasteiger partial charge is 0.288 e. The van der Waals surface area contributed by atoms with E-state index >= 15 is 0 Å². The maximum Gasteiger partial charge on any atom is 0.299 e. The molecule has 4 aromatic rings. The Morgan fingerprint density at radius 3 is 2.50 bits per heavy atom. The van der Waals surface area contributed by atoms with Crippen LogP contribution in [-0.4, -0.2) is 25.2 Å². The molecule has 2 aromatic heterocycles. The van der Waals surface area contributed by atoms with Gasteiger partial charge in [0, 0.05) is 10.9 Å². The maximum atomic E-state index is 13.8. The summed E-state index contributed by atoms with van der Waals surface area (Å²) in [4.78, 5) is 23.6. The molecule has 24 heavy (non-hydrogen) atoms. The van der Waals surface area contributed by atoms with Gasteiger partial charge in [0.2, 0.25) is 0 Å². The number of hydrogen-bond acceptors (Lipinski definition) is 4. The van der Waals surface area contributed by atoms with Gasteiger partial charge in [-0.05, 0) is 41.9 Å². The highest BCUT2D eigenvalue weighted by molar-refractivity contribution is 6.67. The highest BCUT2D eigenvalue weighted by Gasteiger charge is 2.15. The molecule has 0 aliphatic carbocycles. The van der Waals surface area contributed by atoms with E-state index in [2.05, 4.69) is 15.3 Å². The van der Waals surface area contributed by atoms with Crippen LogP contribution in [0.5, 0.6) is 0 Å². The van der Waals surface area contributed by atoms with Gasteiger partial charge >= 0.3 is 0 Å². The molecule has 2 aromatic carbocycles. The first-order chi connectivity index (χ1) is 11.6. The van der Waals surface area contributed by atoms with Crippen LogP contribution in [0.15, 0.2) is 47.3 Å². The summed E-state index contributed by atoms with van der Waals surface area (Å²) in [7, 11) is 0. The number of fused-ring (bicyclic) bond motifs is 3. The van der Waals surface area contributed by atoms with E-state index in [1.165, 1.54) is 28.9 Å². The number of rotatable bonds is 2. The molecule has 0 unspecified atom stereocenters. The van der Waals surface area contributed by atoms with E-state index in [0.29, 0.717) is 22.2 Å². The summed E-state index contributed by atoms with van der Waals surface area (Å²) in [5, 5.41) is 10.4. The van der Waals surface area contributed by atoms with Crippen LogP contribution >= 0.6 is 11.6 Å². The molecule has 0 atom stereocenters. The van der Waals surface area contributed by atoms with Gasteiger partial charge in [-0.2, -0.15) is 0 Å². The summed E-state index contributed by atoms with van der Waals surface area (Å²) in [5.41, 5.74) is 0.962. The van der Waals surface area contributed by atoms with Gasteiger partial charge in [-0.15, -0.1) is 10.2 Å². The minimum atomic E-state index is -0.585. The molecule has 0 bridgehead atoms. The Bertz CT molecular complexity index is 1160. The van der Waals surface area contributed by atoms with Crippen molar-refractivity contribution in [3.05, 3.63) is 64.2 Å². The van der Waals surface area contributed by atoms with Crippen molar-refractivity contribution >= 4 is 38.8 Å². The highest BCUT2D eigenvalue weighted by Crippen LogP contribution is 2.21. The maximum absolute atomic E-state index is 13.8. The number of carbonyl (C=O) groups excluding carboxylic acids is 1. The summed E-state index contributed by atoms with van der Waals surface area (Å²) in [6.45, 7) is 0. The minimum Gasteiger partial charge on any atom is -0.288 e. The number of nitrogens with one attached hydrogen (secondary N) is 1. The van der Waals surface area contributed by atoms with Crippen molar-refractivity contribution in [1.29, 1.82) is 0 Å². The van der Waals surface area contributed by atoms with Crippen LogP contribution in [-0.2, 0) is 0 Å². The van der Waals surface area contributed by atoms with Gasteiger partial charge in [0.25, 0.3) is 10.8 Å². The van der Waals surface area contributed by atoms with Crippen molar-refractivity contribution in [1.82, 2.24) is 20.0 Å². The number of benzene rings is 2. The third-order valence-electron chi connectivity index (χ3n) is 3.72. The highest BCUT2D eigenvalue weighted by atomic mass is 35.5. The summed E-state index contributed by atoms with van der Waals surface area (Å²) in [6.07, 6.45) is 0. The van der Waals surface area contributed by atoms with Crippen LogP contribution in [0.1, 0.15) is 10.4 Å². The Labute approximate surface area is 138 Å². The van der Waals surface area contributed by atoms with E-state index in [4.69, 9.17) is 11.6 Å². The van der Waals surface area contributed by atoms with E-state index in [1.807, 2.05) is 0 Å². The van der Waals surface area contributed by atoms with Crippen molar-refractivity contribution < 1.29 is 9.18 Å². The lowest BCUT2D eigenvalue weighted by Crippen LogP contribution is -2.15. The average Bonchev–Trinajstić information content (AvgIpc) is 2.93. The second-order valence-corrected chi connectivity index (χ2v) is 5.48. The average molecular weight is 343 g/mol. The zero-order chi connectivity index (χ0) is 16.8. The molecule has 0 saturated heterocycles. The number of nitrogens with zero attached hydrogens (tertiary/aromatic N) is 3. The molecule has 0 saturated carbocycles. The third kappa shape index (κ3) is 2.10. The number of aromatic amines is 1. The SMILES string of the molecule is O=C(Cl)c1ccc(-n2[nH]c3c(nnc4c(F)cccc43)c2=O)cc1. The van der Waals surface area contributed by atoms with Gasteiger partial charge in [0.1, 0.15) is 5.52 Å². The number of hydrogen-bond donors (Lipinski definition) is 1. The topological polar surface area (TPSA) is 80.6 Å². The molecular weight excluding hydrogens is 335 g/mol. The zero-order valence-electron chi connectivity index (χ0n) is 12.0. The van der Waals surface area contributed by atoms with Crippen LogP contribution in [0.25, 0.3) is 27.6 Å². The van der Waals surface area contributed by atoms with Crippen molar-refractivity contribution in [2.45, 2.75) is 0 Å². The molecule has 0 fully saturated rings. The lowest BCUT2D eigenvalue weighted by Gasteiger charge is -2.02. The van der Waals surface area contributed by atoms with E-state index in [9.17, 15) is 14.0 Å². The Morgan fingerprint density at radius 1 is 1.08 bits per heavy atom. The van der Waals surface area contributed by atoms with Crippen molar-refractivity contribution in [3.8, 4) is 5.69 Å². The Balaban J connectivity index is 1.98. The van der Waals surface area contributed by atoms with Gasteiger partial charge < -0.3 is 0 Å². The molecular formula is C16H8ClFN4O2. The molecule has 118 valence electrons. The van der Waals surface area contributed by atoms with Gasteiger partial charge in [-0.1, -0.05) is 12.1 Å². The van der Waals surface area contributed by atoms with Gasteiger partial charge in [0.15, 0.2) is 11.3 Å². The van der Waals surface area contributed by atoms with Crippen molar-refractivity contribution in [3.63, 3.8) is 0 Å². The fourth-order valence-electron chi connectivity index (χ4n) is 2.55. The van der Waals surface area contributed by atoms with E-state index in [0.717, 1.165) is 0 Å². The van der Waals surface area contributed by atoms with Crippen LogP contribution in [0.4, 0.5) is 4.39 Å². The first kappa shape index (κ1) is 14.5. The molecule has 0 amide bonds. The Morgan fingerprint density at radius 2 is 1.79 bits per heavy atom. The zero-order valence-corrected chi connectivity index (χ0v) is 12.7. The summed E-state index contributed by atoms with van der Waals surface area (Å²) in [6, 6.07) is 10.6. The molecule has 6 nitrogen and oxygen atoms in total. The Kier molecular flexibility index (Phi) is 3.17. The molecule has 8 heteroatoms. The van der Waals surface area contributed by atoms with Gasteiger partial charge in [-0.3, -0.25) is 14.7 Å². The van der Waals surface area contributed by atoms with Gasteiger partial charge in [0.05, 0.1) is 11.2 Å². The minimum absolute atomic E-state index is 0.0847. The van der Waals surface area contributed by atoms with Crippen LogP contribution in [0.3, 0.4) is 0 Å².